The van der Waals surface area contributed by atoms with Crippen LogP contribution in [0, 0.1) is 15.5 Å². The Hall–Kier alpha value is -1.66. The van der Waals surface area contributed by atoms with Crippen molar-refractivity contribution < 1.29 is 10.0 Å². The highest BCUT2D eigenvalue weighted by Gasteiger charge is 2.35. The molecule has 1 aliphatic heterocycles. The third-order valence-corrected chi connectivity index (χ3v) is 3.85. The van der Waals surface area contributed by atoms with E-state index in [-0.39, 0.29) is 22.9 Å². The van der Waals surface area contributed by atoms with Gasteiger partial charge < -0.3 is 10.4 Å². The highest BCUT2D eigenvalue weighted by molar-refractivity contribution is 5.45. The Morgan fingerprint density at radius 2 is 1.95 bits per heavy atom. The molecule has 2 rings (SSSR count). The number of hydrogen-bond donors (Lipinski definition) is 2. The van der Waals surface area contributed by atoms with Gasteiger partial charge in [-0.1, -0.05) is 20.8 Å². The molecule has 21 heavy (non-hydrogen) atoms. The number of aromatic hydroxyl groups is 1. The number of hydrogen-bond acceptors (Lipinski definition) is 5. The zero-order valence-electron chi connectivity index (χ0n) is 12.8. The van der Waals surface area contributed by atoms with Crippen LogP contribution >= 0.6 is 0 Å². The average Bonchev–Trinajstić information content (AvgIpc) is 2.40. The van der Waals surface area contributed by atoms with Crippen molar-refractivity contribution in [3.05, 3.63) is 33.9 Å². The van der Waals surface area contributed by atoms with E-state index in [9.17, 15) is 15.2 Å². The number of rotatable bonds is 3. The molecule has 0 unspecified atom stereocenters. The van der Waals surface area contributed by atoms with E-state index in [1.165, 1.54) is 18.2 Å². The van der Waals surface area contributed by atoms with Crippen LogP contribution in [0.5, 0.6) is 5.75 Å². The number of piperazine rings is 1. The van der Waals surface area contributed by atoms with Crippen LogP contribution in [0.4, 0.5) is 5.69 Å². The van der Waals surface area contributed by atoms with Crippen molar-refractivity contribution in [3.63, 3.8) is 0 Å². The Labute approximate surface area is 124 Å². The fraction of sp³-hybridized carbons (Fsp3) is 0.600. The Morgan fingerprint density at radius 1 is 1.33 bits per heavy atom. The van der Waals surface area contributed by atoms with E-state index < -0.39 is 4.92 Å². The molecule has 6 nitrogen and oxygen atoms in total. The number of nitro groups is 1. The lowest BCUT2D eigenvalue weighted by Crippen LogP contribution is -2.48. The lowest BCUT2D eigenvalue weighted by molar-refractivity contribution is -0.385. The number of phenols is 1. The molecule has 1 aliphatic rings. The highest BCUT2D eigenvalue weighted by atomic mass is 16.6. The molecule has 0 aromatic heterocycles. The predicted molar refractivity (Wildman–Crippen MR) is 81.4 cm³/mol. The van der Waals surface area contributed by atoms with Crippen LogP contribution in [0.2, 0.25) is 0 Å². The number of nitro benzene ring substituents is 1. The Bertz CT molecular complexity index is 519. The third kappa shape index (κ3) is 3.51. The zero-order valence-corrected chi connectivity index (χ0v) is 12.8. The first-order valence-corrected chi connectivity index (χ1v) is 7.23. The van der Waals surface area contributed by atoms with Crippen molar-refractivity contribution in [3.8, 4) is 5.75 Å². The van der Waals surface area contributed by atoms with E-state index in [1.54, 1.807) is 0 Å². The van der Waals surface area contributed by atoms with Gasteiger partial charge in [-0.25, -0.2) is 0 Å². The predicted octanol–water partition coefficient (Wildman–Crippen LogP) is 2.29. The molecule has 0 bridgehead atoms. The maximum atomic E-state index is 11.0. The summed E-state index contributed by atoms with van der Waals surface area (Å²) in [5.74, 6) is 0.124. The Morgan fingerprint density at radius 3 is 2.48 bits per heavy atom. The van der Waals surface area contributed by atoms with Gasteiger partial charge >= 0.3 is 0 Å². The van der Waals surface area contributed by atoms with Crippen LogP contribution in [-0.2, 0) is 0 Å². The topological polar surface area (TPSA) is 78.6 Å². The lowest BCUT2D eigenvalue weighted by Gasteiger charge is -2.42. The van der Waals surface area contributed by atoms with Crippen molar-refractivity contribution in [1.82, 2.24) is 10.2 Å². The fourth-order valence-electron chi connectivity index (χ4n) is 3.03. The molecule has 0 saturated carbocycles. The second-order valence-electron chi connectivity index (χ2n) is 6.55. The third-order valence-electron chi connectivity index (χ3n) is 3.85. The van der Waals surface area contributed by atoms with Crippen molar-refractivity contribution in [2.75, 3.05) is 26.2 Å². The maximum absolute atomic E-state index is 11.0. The monoisotopic (exact) mass is 293 g/mol. The van der Waals surface area contributed by atoms with Crippen molar-refractivity contribution >= 4 is 5.69 Å². The molecule has 6 heteroatoms. The van der Waals surface area contributed by atoms with Gasteiger partial charge in [-0.15, -0.1) is 0 Å². The first-order valence-electron chi connectivity index (χ1n) is 7.23. The molecule has 2 N–H and O–H groups in total. The van der Waals surface area contributed by atoms with Gasteiger partial charge in [0.1, 0.15) is 5.75 Å². The molecule has 1 aromatic carbocycles. The van der Waals surface area contributed by atoms with Gasteiger partial charge in [-0.2, -0.15) is 0 Å². The van der Waals surface area contributed by atoms with Crippen LogP contribution in [-0.4, -0.2) is 41.1 Å². The normalized spacial score (nSPS) is 18.4. The van der Waals surface area contributed by atoms with Gasteiger partial charge in [-0.3, -0.25) is 15.0 Å². The van der Waals surface area contributed by atoms with Gasteiger partial charge in [0.2, 0.25) is 0 Å². The standard InChI is InChI=1S/C15H23N3O3/c1-15(2,3)14(17-8-6-16-7-9-17)12-10-11(18(20)21)4-5-13(12)19/h4-5,10,14,16,19H,6-9H2,1-3H3/t14-/m1/s1. The minimum Gasteiger partial charge on any atom is -0.508 e. The summed E-state index contributed by atoms with van der Waals surface area (Å²) in [7, 11) is 0. The summed E-state index contributed by atoms with van der Waals surface area (Å²) in [5.41, 5.74) is 0.523. The van der Waals surface area contributed by atoms with E-state index in [4.69, 9.17) is 0 Å². The molecule has 0 amide bonds. The van der Waals surface area contributed by atoms with Crippen molar-refractivity contribution in [2.45, 2.75) is 26.8 Å². The van der Waals surface area contributed by atoms with Crippen molar-refractivity contribution in [1.29, 1.82) is 0 Å². The molecule has 1 heterocycles. The molecule has 116 valence electrons. The summed E-state index contributed by atoms with van der Waals surface area (Å²) >= 11 is 0. The minimum absolute atomic E-state index is 0.0205. The van der Waals surface area contributed by atoms with Gasteiger partial charge in [0.15, 0.2) is 0 Å². The highest BCUT2D eigenvalue weighted by Crippen LogP contribution is 2.42. The molecule has 0 spiro atoms. The van der Waals surface area contributed by atoms with Crippen LogP contribution in [0.25, 0.3) is 0 Å². The number of non-ortho nitro benzene ring substituents is 1. The van der Waals surface area contributed by atoms with E-state index in [1.807, 2.05) is 0 Å². The summed E-state index contributed by atoms with van der Waals surface area (Å²) in [6.45, 7) is 9.80. The molecular weight excluding hydrogens is 270 g/mol. The molecule has 1 fully saturated rings. The number of phenolic OH excluding ortho intramolecular Hbond substituents is 1. The van der Waals surface area contributed by atoms with E-state index in [2.05, 4.69) is 31.0 Å². The van der Waals surface area contributed by atoms with Gasteiger partial charge in [0.25, 0.3) is 5.69 Å². The first-order chi connectivity index (χ1) is 9.80. The molecule has 0 aliphatic carbocycles. The molecule has 1 saturated heterocycles. The quantitative estimate of drug-likeness (QED) is 0.660. The second-order valence-corrected chi connectivity index (χ2v) is 6.55. The molecular formula is C15H23N3O3. The minimum atomic E-state index is -0.416. The molecule has 1 atom stereocenters. The summed E-state index contributed by atoms with van der Waals surface area (Å²) in [5, 5.41) is 24.5. The maximum Gasteiger partial charge on any atom is 0.270 e. The van der Waals surface area contributed by atoms with Gasteiger partial charge in [0, 0.05) is 49.9 Å². The summed E-state index contributed by atoms with van der Waals surface area (Å²) in [4.78, 5) is 12.9. The van der Waals surface area contributed by atoms with Crippen molar-refractivity contribution in [2.24, 2.45) is 5.41 Å². The Balaban J connectivity index is 2.45. The van der Waals surface area contributed by atoms with E-state index in [0.29, 0.717) is 5.56 Å². The lowest BCUT2D eigenvalue weighted by atomic mass is 9.80. The molecule has 0 radical (unpaired) electrons. The zero-order chi connectivity index (χ0) is 15.6. The second kappa shape index (κ2) is 5.99. The smallest absolute Gasteiger partial charge is 0.270 e. The van der Waals surface area contributed by atoms with Crippen LogP contribution < -0.4 is 5.32 Å². The largest absolute Gasteiger partial charge is 0.508 e. The summed E-state index contributed by atoms with van der Waals surface area (Å²) < 4.78 is 0. The van der Waals surface area contributed by atoms with Crippen LogP contribution in [0.1, 0.15) is 32.4 Å². The number of nitrogens with one attached hydrogen (secondary N) is 1. The first kappa shape index (κ1) is 15.7. The summed E-state index contributed by atoms with van der Waals surface area (Å²) in [6, 6.07) is 4.22. The number of nitrogens with zero attached hydrogens (tertiary/aromatic N) is 2. The van der Waals surface area contributed by atoms with Gasteiger partial charge in [-0.05, 0) is 11.5 Å². The SMILES string of the molecule is CC(C)(C)[C@@H](c1cc([N+](=O)[O-])ccc1O)N1CCNCC1. The molecule has 1 aromatic rings. The van der Waals surface area contributed by atoms with Crippen LogP contribution in [0.15, 0.2) is 18.2 Å². The average molecular weight is 293 g/mol. The van der Waals surface area contributed by atoms with E-state index >= 15 is 0 Å². The number of benzene rings is 1. The summed E-state index contributed by atoms with van der Waals surface area (Å²) in [6.07, 6.45) is 0. The Kier molecular flexibility index (Phi) is 4.49. The van der Waals surface area contributed by atoms with Crippen LogP contribution in [0.3, 0.4) is 0 Å². The van der Waals surface area contributed by atoms with Gasteiger partial charge in [0.05, 0.1) is 4.92 Å². The fourth-order valence-corrected chi connectivity index (χ4v) is 3.03. The van der Waals surface area contributed by atoms with E-state index in [0.717, 1.165) is 26.2 Å².